The number of nitrogens with one attached hydrogen (secondary N) is 1. The lowest BCUT2D eigenvalue weighted by atomic mass is 10.1. The van der Waals surface area contributed by atoms with Gasteiger partial charge in [0.15, 0.2) is 23.9 Å². The summed E-state index contributed by atoms with van der Waals surface area (Å²) >= 11 is 0. The van der Waals surface area contributed by atoms with Crippen molar-refractivity contribution in [3.8, 4) is 17.2 Å². The normalized spacial score (nSPS) is 13.6. The molecule has 1 N–H and O–H groups in total. The van der Waals surface area contributed by atoms with Gasteiger partial charge >= 0.3 is 5.69 Å². The van der Waals surface area contributed by atoms with E-state index in [2.05, 4.69) is 5.32 Å². The molecule has 1 aliphatic rings. The number of nitro groups is 1. The average molecular weight is 358 g/mol. The molecular formula is C18H18N2O6. The van der Waals surface area contributed by atoms with E-state index in [-0.39, 0.29) is 30.0 Å². The maximum Gasteiger partial charge on any atom is 0.310 e. The fourth-order valence-corrected chi connectivity index (χ4v) is 2.57. The number of fused-ring (bicyclic) bond motifs is 1. The summed E-state index contributed by atoms with van der Waals surface area (Å²) in [5, 5.41) is 13.7. The van der Waals surface area contributed by atoms with Crippen LogP contribution in [0.15, 0.2) is 42.5 Å². The van der Waals surface area contributed by atoms with E-state index in [1.165, 1.54) is 18.2 Å². The first kappa shape index (κ1) is 17.5. The van der Waals surface area contributed by atoms with Crippen molar-refractivity contribution < 1.29 is 23.9 Å². The summed E-state index contributed by atoms with van der Waals surface area (Å²) < 4.78 is 16.3. The molecule has 1 unspecified atom stereocenters. The number of para-hydroxylation sites is 2. The first-order chi connectivity index (χ1) is 12.5. The van der Waals surface area contributed by atoms with E-state index in [0.717, 1.165) is 5.56 Å². The highest BCUT2D eigenvalue weighted by molar-refractivity contribution is 5.78. The Morgan fingerprint density at radius 2 is 1.96 bits per heavy atom. The van der Waals surface area contributed by atoms with Gasteiger partial charge < -0.3 is 19.5 Å². The lowest BCUT2D eigenvalue weighted by molar-refractivity contribution is -0.385. The van der Waals surface area contributed by atoms with Gasteiger partial charge in [0.25, 0.3) is 5.91 Å². The Bertz CT molecular complexity index is 823. The van der Waals surface area contributed by atoms with Gasteiger partial charge in [-0.15, -0.1) is 0 Å². The molecule has 0 aromatic heterocycles. The number of benzene rings is 2. The van der Waals surface area contributed by atoms with E-state index < -0.39 is 4.92 Å². The zero-order valence-corrected chi connectivity index (χ0v) is 14.1. The second-order valence-electron chi connectivity index (χ2n) is 5.71. The average Bonchev–Trinajstić information content (AvgIpc) is 2.66. The molecule has 8 nitrogen and oxygen atoms in total. The van der Waals surface area contributed by atoms with E-state index in [9.17, 15) is 14.9 Å². The lowest BCUT2D eigenvalue weighted by Gasteiger charge is -2.21. The summed E-state index contributed by atoms with van der Waals surface area (Å²) in [7, 11) is 0. The Morgan fingerprint density at radius 3 is 2.73 bits per heavy atom. The lowest BCUT2D eigenvalue weighted by Crippen LogP contribution is -2.31. The molecule has 0 fully saturated rings. The predicted octanol–water partition coefficient (Wildman–Crippen LogP) is 2.62. The highest BCUT2D eigenvalue weighted by Gasteiger charge is 2.18. The molecule has 1 atom stereocenters. The molecule has 136 valence electrons. The van der Waals surface area contributed by atoms with Gasteiger partial charge in [0.05, 0.1) is 11.0 Å². The van der Waals surface area contributed by atoms with E-state index >= 15 is 0 Å². The van der Waals surface area contributed by atoms with E-state index in [0.29, 0.717) is 24.7 Å². The van der Waals surface area contributed by atoms with Crippen molar-refractivity contribution >= 4 is 11.6 Å². The zero-order chi connectivity index (χ0) is 18.5. The molecule has 2 aromatic rings. The van der Waals surface area contributed by atoms with Crippen molar-refractivity contribution in [1.29, 1.82) is 0 Å². The molecule has 2 aromatic carbocycles. The second-order valence-corrected chi connectivity index (χ2v) is 5.71. The highest BCUT2D eigenvalue weighted by Crippen LogP contribution is 2.32. The quantitative estimate of drug-likeness (QED) is 0.629. The maximum absolute atomic E-state index is 12.1. The molecule has 3 rings (SSSR count). The maximum atomic E-state index is 12.1. The molecule has 1 amide bonds. The van der Waals surface area contributed by atoms with Gasteiger partial charge in [0.2, 0.25) is 0 Å². The fraction of sp³-hybridized carbons (Fsp3) is 0.278. The van der Waals surface area contributed by atoms with Crippen LogP contribution in [0.1, 0.15) is 18.5 Å². The fourth-order valence-electron chi connectivity index (χ4n) is 2.57. The molecule has 1 aliphatic heterocycles. The minimum atomic E-state index is -0.551. The Morgan fingerprint density at radius 1 is 1.23 bits per heavy atom. The highest BCUT2D eigenvalue weighted by atomic mass is 16.6. The van der Waals surface area contributed by atoms with Crippen molar-refractivity contribution in [2.75, 3.05) is 19.8 Å². The topological polar surface area (TPSA) is 99.9 Å². The molecule has 1 heterocycles. The van der Waals surface area contributed by atoms with Crippen molar-refractivity contribution in [2.24, 2.45) is 0 Å². The number of hydrogen-bond donors (Lipinski definition) is 1. The van der Waals surface area contributed by atoms with Crippen LogP contribution in [0.5, 0.6) is 17.2 Å². The Labute approximate surface area is 149 Å². The van der Waals surface area contributed by atoms with Crippen LogP contribution in [0, 0.1) is 10.1 Å². The molecule has 0 radical (unpaired) electrons. The van der Waals surface area contributed by atoms with Gasteiger partial charge in [-0.25, -0.2) is 0 Å². The van der Waals surface area contributed by atoms with Crippen LogP contribution in [-0.2, 0) is 4.79 Å². The minimum Gasteiger partial charge on any atom is -0.486 e. The molecular weight excluding hydrogens is 340 g/mol. The molecule has 0 bridgehead atoms. The largest absolute Gasteiger partial charge is 0.486 e. The standard InChI is InChI=1S/C18H18N2O6/c1-12(13-6-7-16-17(10-13)25-9-8-24-16)19-18(21)11-26-15-5-3-2-4-14(15)20(22)23/h2-7,10,12H,8-9,11H2,1H3,(H,19,21). The summed E-state index contributed by atoms with van der Waals surface area (Å²) in [5.74, 6) is 0.995. The third-order valence-electron chi connectivity index (χ3n) is 3.86. The van der Waals surface area contributed by atoms with E-state index in [1.54, 1.807) is 12.1 Å². The predicted molar refractivity (Wildman–Crippen MR) is 92.6 cm³/mol. The summed E-state index contributed by atoms with van der Waals surface area (Å²) in [6, 6.07) is 11.1. The van der Waals surface area contributed by atoms with Crippen molar-refractivity contribution in [1.82, 2.24) is 5.32 Å². The van der Waals surface area contributed by atoms with Crippen LogP contribution in [0.2, 0.25) is 0 Å². The summed E-state index contributed by atoms with van der Waals surface area (Å²) in [4.78, 5) is 22.5. The van der Waals surface area contributed by atoms with Crippen LogP contribution in [0.3, 0.4) is 0 Å². The summed E-state index contributed by atoms with van der Waals surface area (Å²) in [6.07, 6.45) is 0. The summed E-state index contributed by atoms with van der Waals surface area (Å²) in [5.41, 5.74) is 0.675. The number of ether oxygens (including phenoxy) is 3. The molecule has 26 heavy (non-hydrogen) atoms. The number of nitro benzene ring substituents is 1. The third-order valence-corrected chi connectivity index (χ3v) is 3.86. The number of carbonyl (C=O) groups excluding carboxylic acids is 1. The Hall–Kier alpha value is -3.29. The van der Waals surface area contributed by atoms with Gasteiger partial charge in [0.1, 0.15) is 13.2 Å². The third kappa shape index (κ3) is 4.02. The van der Waals surface area contributed by atoms with Crippen LogP contribution in [0.25, 0.3) is 0 Å². The van der Waals surface area contributed by atoms with Crippen molar-refractivity contribution in [3.63, 3.8) is 0 Å². The van der Waals surface area contributed by atoms with Gasteiger partial charge in [0, 0.05) is 6.07 Å². The van der Waals surface area contributed by atoms with Gasteiger partial charge in [-0.05, 0) is 30.7 Å². The van der Waals surface area contributed by atoms with Crippen molar-refractivity contribution in [2.45, 2.75) is 13.0 Å². The zero-order valence-electron chi connectivity index (χ0n) is 14.1. The second kappa shape index (κ2) is 7.73. The molecule has 0 saturated carbocycles. The minimum absolute atomic E-state index is 0.0552. The molecule has 0 saturated heterocycles. The number of carbonyl (C=O) groups is 1. The molecule has 0 aliphatic carbocycles. The van der Waals surface area contributed by atoms with E-state index in [4.69, 9.17) is 14.2 Å². The first-order valence-corrected chi connectivity index (χ1v) is 8.09. The van der Waals surface area contributed by atoms with Gasteiger partial charge in [-0.2, -0.15) is 0 Å². The van der Waals surface area contributed by atoms with Gasteiger partial charge in [-0.3, -0.25) is 14.9 Å². The number of amides is 1. The monoisotopic (exact) mass is 358 g/mol. The van der Waals surface area contributed by atoms with Gasteiger partial charge in [-0.1, -0.05) is 18.2 Å². The number of rotatable bonds is 6. The SMILES string of the molecule is CC(NC(=O)COc1ccccc1[N+](=O)[O-])c1ccc2c(c1)OCCO2. The Balaban J connectivity index is 1.59. The Kier molecular flexibility index (Phi) is 5.21. The van der Waals surface area contributed by atoms with E-state index in [1.807, 2.05) is 19.1 Å². The first-order valence-electron chi connectivity index (χ1n) is 8.09. The van der Waals surface area contributed by atoms with Crippen molar-refractivity contribution in [3.05, 3.63) is 58.1 Å². The molecule has 8 heteroatoms. The van der Waals surface area contributed by atoms with Crippen LogP contribution in [0.4, 0.5) is 5.69 Å². The number of hydrogen-bond acceptors (Lipinski definition) is 6. The van der Waals surface area contributed by atoms with Crippen LogP contribution in [-0.4, -0.2) is 30.7 Å². The van der Waals surface area contributed by atoms with Crippen LogP contribution >= 0.6 is 0 Å². The van der Waals surface area contributed by atoms with Crippen LogP contribution < -0.4 is 19.5 Å². The smallest absolute Gasteiger partial charge is 0.310 e. The summed E-state index contributed by atoms with van der Waals surface area (Å²) in [6.45, 7) is 2.51. The number of nitrogens with zero attached hydrogens (tertiary/aromatic N) is 1. The molecule has 0 spiro atoms.